The first-order chi connectivity index (χ1) is 15.1. The van der Waals surface area contributed by atoms with Crippen LogP contribution in [0.1, 0.15) is 38.8 Å². The van der Waals surface area contributed by atoms with Crippen molar-refractivity contribution in [2.45, 2.75) is 25.7 Å². The van der Waals surface area contributed by atoms with Gasteiger partial charge < -0.3 is 15.4 Å². The molecule has 2 amide bonds. The molecule has 2 heterocycles. The Hall–Kier alpha value is -3.18. The molecule has 2 N–H and O–H groups in total. The van der Waals surface area contributed by atoms with E-state index in [1.165, 1.54) is 6.20 Å². The summed E-state index contributed by atoms with van der Waals surface area (Å²) in [7, 11) is 0. The van der Waals surface area contributed by atoms with Gasteiger partial charge in [0.1, 0.15) is 22.3 Å². The van der Waals surface area contributed by atoms with Crippen LogP contribution >= 0.6 is 22.9 Å². The monoisotopic (exact) mass is 484 g/mol. The zero-order valence-corrected chi connectivity index (χ0v) is 18.0. The molecule has 1 aromatic carbocycles. The van der Waals surface area contributed by atoms with Gasteiger partial charge in [-0.15, -0.1) is 11.3 Å². The minimum absolute atomic E-state index is 0.0962. The number of carbonyl (C=O) groups excluding carboxylic acids is 2. The Balaban J connectivity index is 1.58. The van der Waals surface area contributed by atoms with Crippen LogP contribution in [0.5, 0.6) is 0 Å². The van der Waals surface area contributed by atoms with Crippen molar-refractivity contribution in [3.8, 4) is 0 Å². The number of amides is 2. The average molecular weight is 485 g/mol. The maximum absolute atomic E-state index is 13.0. The van der Waals surface area contributed by atoms with E-state index in [2.05, 4.69) is 20.6 Å². The Labute approximate surface area is 189 Å². The number of ether oxygens (including phenoxy) is 1. The molecule has 0 aliphatic rings. The lowest BCUT2D eigenvalue weighted by Gasteiger charge is -2.11. The van der Waals surface area contributed by atoms with Gasteiger partial charge in [0.2, 0.25) is 0 Å². The Bertz CT molecular complexity index is 1110. The van der Waals surface area contributed by atoms with Crippen molar-refractivity contribution < 1.29 is 27.5 Å². The summed E-state index contributed by atoms with van der Waals surface area (Å²) in [5, 5.41) is 4.72. The molecule has 3 aromatic rings. The fourth-order valence-corrected chi connectivity index (χ4v) is 3.52. The number of halogens is 4. The highest BCUT2D eigenvalue weighted by atomic mass is 35.5. The van der Waals surface area contributed by atoms with Crippen LogP contribution < -0.4 is 10.6 Å². The van der Waals surface area contributed by atoms with E-state index in [4.69, 9.17) is 16.3 Å². The predicted octanol–water partition coefficient (Wildman–Crippen LogP) is 5.45. The van der Waals surface area contributed by atoms with Gasteiger partial charge in [0.15, 0.2) is 0 Å². The van der Waals surface area contributed by atoms with Crippen LogP contribution in [0.3, 0.4) is 0 Å². The summed E-state index contributed by atoms with van der Waals surface area (Å²) in [5.74, 6) is -1.01. The number of anilines is 1. The summed E-state index contributed by atoms with van der Waals surface area (Å²) < 4.78 is 44.0. The van der Waals surface area contributed by atoms with Gasteiger partial charge in [0.25, 0.3) is 5.91 Å². The molecule has 0 spiro atoms. The molecule has 0 radical (unpaired) electrons. The van der Waals surface area contributed by atoms with E-state index in [1.54, 1.807) is 6.92 Å². The largest absolute Gasteiger partial charge is 0.445 e. The van der Waals surface area contributed by atoms with Crippen molar-refractivity contribution in [2.24, 2.45) is 0 Å². The predicted molar refractivity (Wildman–Crippen MR) is 112 cm³/mol. The van der Waals surface area contributed by atoms with Gasteiger partial charge in [0.05, 0.1) is 22.8 Å². The van der Waals surface area contributed by atoms with E-state index >= 15 is 0 Å². The first-order valence-electron chi connectivity index (χ1n) is 9.10. The molecule has 3 rings (SSSR count). The molecule has 0 saturated heterocycles. The van der Waals surface area contributed by atoms with Gasteiger partial charge in [-0.3, -0.25) is 4.79 Å². The normalized spacial score (nSPS) is 12.2. The summed E-state index contributed by atoms with van der Waals surface area (Å²) >= 11 is 6.49. The first-order valence-corrected chi connectivity index (χ1v) is 10.3. The van der Waals surface area contributed by atoms with Crippen LogP contribution in [0.15, 0.2) is 48.8 Å². The summed E-state index contributed by atoms with van der Waals surface area (Å²) in [5.41, 5.74) is -0.283. The number of carbonyl (C=O) groups is 2. The van der Waals surface area contributed by atoms with Gasteiger partial charge in [-0.1, -0.05) is 41.9 Å². The van der Waals surface area contributed by atoms with E-state index in [1.807, 2.05) is 30.3 Å². The average Bonchev–Trinajstić information content (AvgIpc) is 3.24. The van der Waals surface area contributed by atoms with Gasteiger partial charge >= 0.3 is 12.3 Å². The number of pyridine rings is 1. The number of alkyl carbamates (subject to hydrolysis) is 1. The minimum Gasteiger partial charge on any atom is -0.445 e. The Morgan fingerprint density at radius 2 is 1.91 bits per heavy atom. The SMILES string of the molecule is CC(NC(=O)OCc1ccccc1)c1ncc(C(=O)Nc2cc(C(F)(F)F)c(Cl)cn2)s1. The molecule has 0 saturated carbocycles. The summed E-state index contributed by atoms with van der Waals surface area (Å²) in [6, 6.07) is 9.21. The molecule has 0 aliphatic heterocycles. The molecule has 12 heteroatoms. The topological polar surface area (TPSA) is 93.2 Å². The lowest BCUT2D eigenvalue weighted by molar-refractivity contribution is -0.137. The van der Waals surface area contributed by atoms with E-state index in [-0.39, 0.29) is 17.3 Å². The van der Waals surface area contributed by atoms with Crippen molar-refractivity contribution >= 4 is 40.8 Å². The fraction of sp³-hybridized carbons (Fsp3) is 0.200. The Morgan fingerprint density at radius 3 is 2.59 bits per heavy atom. The summed E-state index contributed by atoms with van der Waals surface area (Å²) in [6.45, 7) is 1.75. The molecule has 1 atom stereocenters. The van der Waals surface area contributed by atoms with Crippen LogP contribution in [0.25, 0.3) is 0 Å². The number of hydrogen-bond acceptors (Lipinski definition) is 6. The molecule has 1 unspecified atom stereocenters. The maximum atomic E-state index is 13.0. The second-order valence-corrected chi connectivity index (χ2v) is 7.96. The van der Waals surface area contributed by atoms with Crippen molar-refractivity contribution in [2.75, 3.05) is 5.32 Å². The third kappa shape index (κ3) is 6.17. The Kier molecular flexibility index (Phi) is 7.31. The third-order valence-corrected chi connectivity index (χ3v) is 5.55. The van der Waals surface area contributed by atoms with Crippen LogP contribution in [-0.2, 0) is 17.5 Å². The van der Waals surface area contributed by atoms with Gasteiger partial charge in [-0.25, -0.2) is 14.8 Å². The Morgan fingerprint density at radius 1 is 1.19 bits per heavy atom. The number of aromatic nitrogens is 2. The first kappa shape index (κ1) is 23.5. The highest BCUT2D eigenvalue weighted by Crippen LogP contribution is 2.35. The number of nitrogens with zero attached hydrogens (tertiary/aromatic N) is 2. The highest BCUT2D eigenvalue weighted by Gasteiger charge is 2.34. The van der Waals surface area contributed by atoms with Crippen molar-refractivity contribution in [3.63, 3.8) is 0 Å². The number of nitrogens with one attached hydrogen (secondary N) is 2. The van der Waals surface area contributed by atoms with E-state index in [9.17, 15) is 22.8 Å². The van der Waals surface area contributed by atoms with Crippen molar-refractivity contribution in [1.82, 2.24) is 15.3 Å². The van der Waals surface area contributed by atoms with E-state index < -0.39 is 34.8 Å². The van der Waals surface area contributed by atoms with Gasteiger partial charge in [-0.2, -0.15) is 13.2 Å². The molecule has 168 valence electrons. The smallest absolute Gasteiger partial charge is 0.418 e. The zero-order valence-electron chi connectivity index (χ0n) is 16.4. The molecule has 32 heavy (non-hydrogen) atoms. The number of rotatable bonds is 6. The number of benzene rings is 1. The van der Waals surface area contributed by atoms with E-state index in [0.717, 1.165) is 23.1 Å². The molecule has 0 aliphatic carbocycles. The lowest BCUT2D eigenvalue weighted by atomic mass is 10.2. The highest BCUT2D eigenvalue weighted by molar-refractivity contribution is 7.13. The van der Waals surface area contributed by atoms with Gasteiger partial charge in [0, 0.05) is 6.20 Å². The molecule has 0 fully saturated rings. The second-order valence-electron chi connectivity index (χ2n) is 6.49. The van der Waals surface area contributed by atoms with E-state index in [0.29, 0.717) is 11.1 Å². The number of hydrogen-bond donors (Lipinski definition) is 2. The molecule has 7 nitrogen and oxygen atoms in total. The molecular weight excluding hydrogens is 469 g/mol. The molecular formula is C20H16ClF3N4O3S. The summed E-state index contributed by atoms with van der Waals surface area (Å²) in [6.07, 6.45) is -3.28. The fourth-order valence-electron chi connectivity index (χ4n) is 2.50. The van der Waals surface area contributed by atoms with Gasteiger partial charge in [-0.05, 0) is 18.6 Å². The standard InChI is InChI=1S/C20H16ClF3N4O3S/c1-11(27-19(30)31-10-12-5-3-2-4-6-12)18-26-9-15(32-18)17(29)28-16-7-13(20(22,23)24)14(21)8-25-16/h2-9,11H,10H2,1H3,(H,27,30)(H,25,28,29). The minimum atomic E-state index is -4.69. The number of alkyl halides is 3. The quantitative estimate of drug-likeness (QED) is 0.485. The van der Waals surface area contributed by atoms with Crippen molar-refractivity contribution in [3.05, 3.63) is 74.8 Å². The number of thiazole rings is 1. The van der Waals surface area contributed by atoms with Crippen LogP contribution in [0, 0.1) is 0 Å². The summed E-state index contributed by atoms with van der Waals surface area (Å²) in [4.78, 5) is 32.2. The van der Waals surface area contributed by atoms with Crippen molar-refractivity contribution in [1.29, 1.82) is 0 Å². The lowest BCUT2D eigenvalue weighted by Crippen LogP contribution is -2.27. The maximum Gasteiger partial charge on any atom is 0.418 e. The molecule has 0 bridgehead atoms. The van der Waals surface area contributed by atoms with Crippen LogP contribution in [-0.4, -0.2) is 22.0 Å². The zero-order chi connectivity index (χ0) is 23.3. The van der Waals surface area contributed by atoms with Crippen LogP contribution in [0.2, 0.25) is 5.02 Å². The third-order valence-electron chi connectivity index (χ3n) is 4.07. The van der Waals surface area contributed by atoms with Crippen LogP contribution in [0.4, 0.5) is 23.8 Å². The second kappa shape index (κ2) is 9.96. The molecule has 2 aromatic heterocycles.